The minimum absolute atomic E-state index is 0.185. The summed E-state index contributed by atoms with van der Waals surface area (Å²) in [5.74, 6) is -0.624. The molecule has 0 aromatic heterocycles. The molecule has 0 unspecified atom stereocenters. The van der Waals surface area contributed by atoms with Gasteiger partial charge in [-0.05, 0) is 41.5 Å². The van der Waals surface area contributed by atoms with Crippen LogP contribution in [0.3, 0.4) is 0 Å². The third kappa shape index (κ3) is 6.43. The van der Waals surface area contributed by atoms with Crippen LogP contribution in [0.1, 0.15) is 16.7 Å². The lowest BCUT2D eigenvalue weighted by Crippen LogP contribution is -2.24. The summed E-state index contributed by atoms with van der Waals surface area (Å²) in [6.07, 6.45) is 0.635. The summed E-state index contributed by atoms with van der Waals surface area (Å²) in [5, 5.41) is 2.69. The highest BCUT2D eigenvalue weighted by molar-refractivity contribution is 9.10. The predicted molar refractivity (Wildman–Crippen MR) is 123 cm³/mol. The molecule has 0 aliphatic rings. The number of hydrogen-bond donors (Lipinski definition) is 1. The standard InChI is InChI=1S/C23H22BrNO4S/c1-29-22-12-11-21(14-19(22)13-17-5-3-2-4-6-17)25-23(26)16-30(27,28)15-18-7-9-20(24)10-8-18/h2-12,14H,13,15-16H2,1H3,(H,25,26). The SMILES string of the molecule is COc1ccc(NC(=O)CS(=O)(=O)Cc2ccc(Br)cc2)cc1Cc1ccccc1. The van der Waals surface area contributed by atoms with Crippen molar-refractivity contribution in [2.75, 3.05) is 18.2 Å². The van der Waals surface area contributed by atoms with E-state index in [1.165, 1.54) is 0 Å². The first kappa shape index (κ1) is 22.1. The highest BCUT2D eigenvalue weighted by atomic mass is 79.9. The molecule has 7 heteroatoms. The van der Waals surface area contributed by atoms with E-state index in [1.807, 2.05) is 36.4 Å². The Morgan fingerprint density at radius 2 is 1.67 bits per heavy atom. The highest BCUT2D eigenvalue weighted by Crippen LogP contribution is 2.25. The number of hydrogen-bond acceptors (Lipinski definition) is 4. The first-order valence-corrected chi connectivity index (χ1v) is 11.9. The molecule has 30 heavy (non-hydrogen) atoms. The lowest BCUT2D eigenvalue weighted by molar-refractivity contribution is -0.113. The Labute approximate surface area is 185 Å². The number of halogens is 1. The summed E-state index contributed by atoms with van der Waals surface area (Å²) >= 11 is 3.32. The number of carbonyl (C=O) groups excluding carboxylic acids is 1. The van der Waals surface area contributed by atoms with E-state index in [0.717, 1.165) is 15.6 Å². The van der Waals surface area contributed by atoms with Crippen molar-refractivity contribution in [1.29, 1.82) is 0 Å². The molecule has 0 radical (unpaired) electrons. The number of anilines is 1. The third-order valence-corrected chi connectivity index (χ3v) is 6.46. The van der Waals surface area contributed by atoms with Gasteiger partial charge in [-0.3, -0.25) is 4.79 Å². The molecule has 0 saturated heterocycles. The minimum atomic E-state index is -3.59. The van der Waals surface area contributed by atoms with Gasteiger partial charge in [0.2, 0.25) is 5.91 Å². The van der Waals surface area contributed by atoms with Crippen LogP contribution in [-0.4, -0.2) is 27.2 Å². The fourth-order valence-corrected chi connectivity index (χ4v) is 4.63. The topological polar surface area (TPSA) is 72.5 Å². The number of methoxy groups -OCH3 is 1. The van der Waals surface area contributed by atoms with Gasteiger partial charge in [0.05, 0.1) is 12.9 Å². The summed E-state index contributed by atoms with van der Waals surface area (Å²) in [6, 6.07) is 22.2. The maximum absolute atomic E-state index is 12.4. The molecule has 0 aliphatic heterocycles. The summed E-state index contributed by atoms with van der Waals surface area (Å²) in [4.78, 5) is 12.4. The van der Waals surface area contributed by atoms with Gasteiger partial charge in [-0.25, -0.2) is 8.42 Å². The maximum atomic E-state index is 12.4. The Morgan fingerprint density at radius 1 is 0.967 bits per heavy atom. The van der Waals surface area contributed by atoms with Gasteiger partial charge in [-0.15, -0.1) is 0 Å². The molecule has 3 rings (SSSR count). The first-order chi connectivity index (χ1) is 14.3. The Bertz CT molecular complexity index is 1110. The van der Waals surface area contributed by atoms with Crippen molar-refractivity contribution in [2.24, 2.45) is 0 Å². The lowest BCUT2D eigenvalue weighted by atomic mass is 10.0. The van der Waals surface area contributed by atoms with Gasteiger partial charge in [-0.1, -0.05) is 58.4 Å². The van der Waals surface area contributed by atoms with E-state index in [-0.39, 0.29) is 5.75 Å². The largest absolute Gasteiger partial charge is 0.496 e. The van der Waals surface area contributed by atoms with Crippen LogP contribution in [0.4, 0.5) is 5.69 Å². The number of amides is 1. The number of ether oxygens (including phenoxy) is 1. The molecule has 0 saturated carbocycles. The molecule has 0 spiro atoms. The third-order valence-electron chi connectivity index (χ3n) is 4.45. The molecule has 0 fully saturated rings. The van der Waals surface area contributed by atoms with Crippen molar-refractivity contribution in [3.63, 3.8) is 0 Å². The van der Waals surface area contributed by atoms with E-state index >= 15 is 0 Å². The minimum Gasteiger partial charge on any atom is -0.496 e. The molecule has 0 bridgehead atoms. The molecular weight excluding hydrogens is 466 g/mol. The van der Waals surface area contributed by atoms with Crippen molar-refractivity contribution < 1.29 is 17.9 Å². The molecule has 156 valence electrons. The van der Waals surface area contributed by atoms with E-state index < -0.39 is 21.5 Å². The Hall–Kier alpha value is -2.64. The smallest absolute Gasteiger partial charge is 0.239 e. The molecule has 1 amide bonds. The van der Waals surface area contributed by atoms with Gasteiger partial charge in [0.15, 0.2) is 9.84 Å². The normalized spacial score (nSPS) is 11.1. The van der Waals surface area contributed by atoms with Crippen LogP contribution in [0, 0.1) is 0 Å². The molecule has 0 heterocycles. The van der Waals surface area contributed by atoms with Gasteiger partial charge in [0.25, 0.3) is 0 Å². The van der Waals surface area contributed by atoms with Crippen molar-refractivity contribution in [3.8, 4) is 5.75 Å². The van der Waals surface area contributed by atoms with Crippen LogP contribution in [0.2, 0.25) is 0 Å². The quantitative estimate of drug-likeness (QED) is 0.503. The number of rotatable bonds is 8. The van der Waals surface area contributed by atoms with Crippen molar-refractivity contribution >= 4 is 37.4 Å². The van der Waals surface area contributed by atoms with Crippen LogP contribution >= 0.6 is 15.9 Å². The monoisotopic (exact) mass is 487 g/mol. The van der Waals surface area contributed by atoms with Gasteiger partial charge in [-0.2, -0.15) is 0 Å². The predicted octanol–water partition coefficient (Wildman–Crippen LogP) is 4.60. The second kappa shape index (κ2) is 9.91. The highest BCUT2D eigenvalue weighted by Gasteiger charge is 2.18. The Morgan fingerprint density at radius 3 is 2.33 bits per heavy atom. The summed E-state index contributed by atoms with van der Waals surface area (Å²) in [7, 11) is -2.00. The van der Waals surface area contributed by atoms with Crippen molar-refractivity contribution in [1.82, 2.24) is 0 Å². The van der Waals surface area contributed by atoms with Crippen LogP contribution in [0.15, 0.2) is 77.3 Å². The average molecular weight is 488 g/mol. The number of carbonyl (C=O) groups is 1. The van der Waals surface area contributed by atoms with Crippen LogP contribution in [0.5, 0.6) is 5.75 Å². The zero-order valence-corrected chi connectivity index (χ0v) is 18.9. The van der Waals surface area contributed by atoms with E-state index in [0.29, 0.717) is 23.4 Å². The fourth-order valence-electron chi connectivity index (χ4n) is 3.09. The van der Waals surface area contributed by atoms with Crippen molar-refractivity contribution in [3.05, 3.63) is 94.0 Å². The Kier molecular flexibility index (Phi) is 7.29. The average Bonchev–Trinajstić information content (AvgIpc) is 2.70. The molecule has 5 nitrogen and oxygen atoms in total. The van der Waals surface area contributed by atoms with Gasteiger partial charge in [0, 0.05) is 22.1 Å². The Balaban J connectivity index is 1.68. The van der Waals surface area contributed by atoms with Crippen LogP contribution < -0.4 is 10.1 Å². The molecule has 1 N–H and O–H groups in total. The molecule has 0 atom stereocenters. The second-order valence-corrected chi connectivity index (χ2v) is 9.88. The van der Waals surface area contributed by atoms with E-state index in [9.17, 15) is 13.2 Å². The summed E-state index contributed by atoms with van der Waals surface area (Å²) < 4.78 is 31.1. The number of nitrogens with one attached hydrogen (secondary N) is 1. The zero-order chi connectivity index (χ0) is 21.6. The second-order valence-electron chi connectivity index (χ2n) is 6.90. The van der Waals surface area contributed by atoms with Crippen LogP contribution in [0.25, 0.3) is 0 Å². The maximum Gasteiger partial charge on any atom is 0.239 e. The van der Waals surface area contributed by atoms with Gasteiger partial charge >= 0.3 is 0 Å². The van der Waals surface area contributed by atoms with Gasteiger partial charge in [0.1, 0.15) is 11.5 Å². The van der Waals surface area contributed by atoms with Crippen molar-refractivity contribution in [2.45, 2.75) is 12.2 Å². The number of sulfone groups is 1. The number of benzene rings is 3. The van der Waals surface area contributed by atoms with Gasteiger partial charge < -0.3 is 10.1 Å². The lowest BCUT2D eigenvalue weighted by Gasteiger charge is -2.12. The van der Waals surface area contributed by atoms with Crippen LogP contribution in [-0.2, 0) is 26.8 Å². The summed E-state index contributed by atoms with van der Waals surface area (Å²) in [6.45, 7) is 0. The molecule has 3 aromatic rings. The molecule has 0 aliphatic carbocycles. The molecule has 3 aromatic carbocycles. The van der Waals surface area contributed by atoms with E-state index in [4.69, 9.17) is 4.74 Å². The van der Waals surface area contributed by atoms with E-state index in [1.54, 1.807) is 43.5 Å². The summed E-state index contributed by atoms with van der Waals surface area (Å²) in [5.41, 5.74) is 3.18. The fraction of sp³-hybridized carbons (Fsp3) is 0.174. The van der Waals surface area contributed by atoms with E-state index in [2.05, 4.69) is 21.2 Å². The zero-order valence-electron chi connectivity index (χ0n) is 16.5. The molecular formula is C23H22BrNO4S. The first-order valence-electron chi connectivity index (χ1n) is 9.30.